The molecule has 2 aromatic carbocycles. The summed E-state index contributed by atoms with van der Waals surface area (Å²) in [4.78, 5) is 45.7. The van der Waals surface area contributed by atoms with Gasteiger partial charge in [0.05, 0.1) is 30.1 Å². The molecule has 0 spiro atoms. The van der Waals surface area contributed by atoms with Gasteiger partial charge in [0.15, 0.2) is 6.29 Å². The van der Waals surface area contributed by atoms with Crippen LogP contribution in [-0.4, -0.2) is 35.2 Å². The second-order valence-corrected chi connectivity index (χ2v) is 9.06. The van der Waals surface area contributed by atoms with E-state index < -0.39 is 23.0 Å². The van der Waals surface area contributed by atoms with Gasteiger partial charge in [-0.25, -0.2) is 9.37 Å². The third-order valence-electron chi connectivity index (χ3n) is 6.17. The van der Waals surface area contributed by atoms with Gasteiger partial charge < -0.3 is 20.1 Å². The number of aromatic nitrogens is 2. The largest absolute Gasteiger partial charge is 0.496 e. The number of anilines is 2. The maximum absolute atomic E-state index is 13.1. The molecule has 1 fully saturated rings. The molecule has 2 heterocycles. The Hall–Kier alpha value is -4.57. The number of carbonyl (C=O) groups excluding carboxylic acids is 3. The van der Waals surface area contributed by atoms with Gasteiger partial charge in [0, 0.05) is 23.3 Å². The van der Waals surface area contributed by atoms with Gasteiger partial charge in [-0.2, -0.15) is 0 Å². The van der Waals surface area contributed by atoms with Crippen LogP contribution >= 0.6 is 11.6 Å². The summed E-state index contributed by atoms with van der Waals surface area (Å²) in [5.41, 5.74) is 0.305. The molecule has 0 aliphatic heterocycles. The average molecular weight is 535 g/mol. The predicted molar refractivity (Wildman–Crippen MR) is 138 cm³/mol. The second kappa shape index (κ2) is 10.1. The van der Waals surface area contributed by atoms with Crippen LogP contribution in [0, 0.1) is 11.2 Å². The van der Waals surface area contributed by atoms with Crippen molar-refractivity contribution < 1.29 is 28.2 Å². The minimum atomic E-state index is -1.23. The quantitative estimate of drug-likeness (QED) is 0.229. The molecule has 11 heteroatoms. The maximum Gasteiger partial charge on any atom is 0.240 e. The molecule has 0 radical (unpaired) electrons. The van der Waals surface area contributed by atoms with Crippen molar-refractivity contribution in [2.75, 3.05) is 17.7 Å². The summed E-state index contributed by atoms with van der Waals surface area (Å²) in [5.74, 6) is -0.595. The first-order valence-corrected chi connectivity index (χ1v) is 11.8. The van der Waals surface area contributed by atoms with Gasteiger partial charge in [0.1, 0.15) is 27.8 Å². The predicted octanol–water partition coefficient (Wildman–Crippen LogP) is 5.39. The Morgan fingerprint density at radius 2 is 1.71 bits per heavy atom. The van der Waals surface area contributed by atoms with Crippen molar-refractivity contribution in [3.05, 3.63) is 77.3 Å². The molecule has 0 unspecified atom stereocenters. The number of benzene rings is 2. The van der Waals surface area contributed by atoms with Gasteiger partial charge in [0.2, 0.25) is 17.7 Å². The van der Waals surface area contributed by atoms with E-state index in [9.17, 15) is 18.8 Å². The normalized spacial score (nSPS) is 13.4. The van der Waals surface area contributed by atoms with E-state index >= 15 is 0 Å². The molecule has 2 aromatic heterocycles. The number of hydrogen-bond donors (Lipinski definition) is 2. The highest BCUT2D eigenvalue weighted by Gasteiger charge is 2.56. The zero-order valence-electron chi connectivity index (χ0n) is 20.0. The lowest BCUT2D eigenvalue weighted by molar-refractivity contribution is -0.131. The fourth-order valence-corrected chi connectivity index (χ4v) is 4.12. The number of hydrogen-bond acceptors (Lipinski definition) is 7. The first-order chi connectivity index (χ1) is 18.3. The van der Waals surface area contributed by atoms with Gasteiger partial charge in [0.25, 0.3) is 0 Å². The van der Waals surface area contributed by atoms with Crippen LogP contribution in [0.3, 0.4) is 0 Å². The van der Waals surface area contributed by atoms with E-state index in [1.54, 1.807) is 18.2 Å². The number of carbonyl (C=O) groups is 3. The van der Waals surface area contributed by atoms with Crippen LogP contribution in [0.5, 0.6) is 17.4 Å². The van der Waals surface area contributed by atoms with Gasteiger partial charge in [-0.3, -0.25) is 19.4 Å². The van der Waals surface area contributed by atoms with Gasteiger partial charge in [-0.05, 0) is 55.3 Å². The molecule has 5 rings (SSSR count). The molecule has 0 atom stereocenters. The fourth-order valence-electron chi connectivity index (χ4n) is 3.91. The minimum Gasteiger partial charge on any atom is -0.496 e. The Morgan fingerprint density at radius 1 is 1.00 bits per heavy atom. The van der Waals surface area contributed by atoms with Gasteiger partial charge in [-0.15, -0.1) is 0 Å². The molecule has 0 saturated heterocycles. The van der Waals surface area contributed by atoms with Crippen molar-refractivity contribution in [2.45, 2.75) is 12.8 Å². The van der Waals surface area contributed by atoms with Gasteiger partial charge in [-0.1, -0.05) is 11.6 Å². The molecule has 38 heavy (non-hydrogen) atoms. The second-order valence-electron chi connectivity index (χ2n) is 8.65. The third-order valence-corrected chi connectivity index (χ3v) is 6.44. The Balaban J connectivity index is 1.31. The van der Waals surface area contributed by atoms with Crippen molar-refractivity contribution in [1.29, 1.82) is 0 Å². The van der Waals surface area contributed by atoms with E-state index in [2.05, 4.69) is 20.6 Å². The third kappa shape index (κ3) is 4.85. The molecule has 1 saturated carbocycles. The zero-order valence-corrected chi connectivity index (χ0v) is 20.7. The number of methoxy groups -OCH3 is 1. The summed E-state index contributed by atoms with van der Waals surface area (Å²) >= 11 is 6.39. The van der Waals surface area contributed by atoms with Crippen LogP contribution in [0.25, 0.3) is 10.9 Å². The summed E-state index contributed by atoms with van der Waals surface area (Å²) < 4.78 is 24.3. The van der Waals surface area contributed by atoms with Crippen LogP contribution in [-0.2, 0) is 9.59 Å². The van der Waals surface area contributed by atoms with E-state index in [0.29, 0.717) is 52.8 Å². The molecule has 1 aliphatic rings. The number of rotatable bonds is 8. The van der Waals surface area contributed by atoms with Crippen molar-refractivity contribution in [1.82, 2.24) is 9.97 Å². The number of halogens is 2. The standard InChI is InChI=1S/C27H20ClFN4O5/c1-37-23-12-21-19(10-15(23)14-34)22(6-9-30-21)38-24-20(28)11-18(13-31-24)33-26(36)27(7-8-27)25(35)32-17-4-2-16(29)3-5-17/h2-6,9-14H,7-8H2,1H3,(H,32,35)(H,33,36). The number of amides is 2. The minimum absolute atomic E-state index is 0.0656. The monoisotopic (exact) mass is 534 g/mol. The molecule has 9 nitrogen and oxygen atoms in total. The van der Waals surface area contributed by atoms with E-state index in [0.717, 1.165) is 0 Å². The summed E-state index contributed by atoms with van der Waals surface area (Å²) in [6.07, 6.45) is 4.31. The van der Waals surface area contributed by atoms with E-state index in [1.807, 2.05) is 0 Å². The molecule has 1 aliphatic carbocycles. The van der Waals surface area contributed by atoms with Crippen LogP contribution in [0.15, 0.2) is 60.9 Å². The van der Waals surface area contributed by atoms with Crippen molar-refractivity contribution >= 4 is 52.0 Å². The molecular weight excluding hydrogens is 515 g/mol. The molecule has 2 N–H and O–H groups in total. The van der Waals surface area contributed by atoms with Crippen LogP contribution in [0.2, 0.25) is 5.02 Å². The lowest BCUT2D eigenvalue weighted by Gasteiger charge is -2.16. The zero-order chi connectivity index (χ0) is 26.9. The Kier molecular flexibility index (Phi) is 6.64. The van der Waals surface area contributed by atoms with E-state index in [1.165, 1.54) is 49.8 Å². The number of aldehydes is 1. The van der Waals surface area contributed by atoms with Crippen LogP contribution in [0.4, 0.5) is 15.8 Å². The maximum atomic E-state index is 13.1. The van der Waals surface area contributed by atoms with Crippen molar-refractivity contribution in [3.8, 4) is 17.4 Å². The van der Waals surface area contributed by atoms with Gasteiger partial charge >= 0.3 is 0 Å². The molecule has 0 bridgehead atoms. The van der Waals surface area contributed by atoms with E-state index in [-0.39, 0.29) is 16.6 Å². The lowest BCUT2D eigenvalue weighted by atomic mass is 10.0. The fraction of sp³-hybridized carbons (Fsp3) is 0.148. The number of nitrogens with one attached hydrogen (secondary N) is 2. The highest BCUT2D eigenvalue weighted by atomic mass is 35.5. The summed E-state index contributed by atoms with van der Waals surface area (Å²) in [6.45, 7) is 0. The lowest BCUT2D eigenvalue weighted by Crippen LogP contribution is -2.35. The Morgan fingerprint density at radius 3 is 2.34 bits per heavy atom. The Labute approximate surface area is 220 Å². The summed E-state index contributed by atoms with van der Waals surface area (Å²) in [7, 11) is 1.46. The highest BCUT2D eigenvalue weighted by Crippen LogP contribution is 2.47. The van der Waals surface area contributed by atoms with Crippen molar-refractivity contribution in [2.24, 2.45) is 5.41 Å². The summed E-state index contributed by atoms with van der Waals surface area (Å²) in [6, 6.07) is 11.6. The SMILES string of the molecule is COc1cc2nccc(Oc3ncc(NC(=O)C4(C(=O)Nc5ccc(F)cc5)CC4)cc3Cl)c2cc1C=O. The molecular formula is C27H20ClFN4O5. The number of nitrogens with zero attached hydrogens (tertiary/aromatic N) is 2. The summed E-state index contributed by atoms with van der Waals surface area (Å²) in [5, 5.41) is 6.00. The van der Waals surface area contributed by atoms with Crippen LogP contribution < -0.4 is 20.1 Å². The Bertz CT molecular complexity index is 1570. The van der Waals surface area contributed by atoms with E-state index in [4.69, 9.17) is 21.1 Å². The van der Waals surface area contributed by atoms with Crippen molar-refractivity contribution in [3.63, 3.8) is 0 Å². The first kappa shape index (κ1) is 25.1. The smallest absolute Gasteiger partial charge is 0.240 e. The highest BCUT2D eigenvalue weighted by molar-refractivity contribution is 6.32. The topological polar surface area (TPSA) is 120 Å². The van der Waals surface area contributed by atoms with Crippen LogP contribution in [0.1, 0.15) is 23.2 Å². The molecule has 4 aromatic rings. The molecule has 2 amide bonds. The number of ether oxygens (including phenoxy) is 2. The molecule has 192 valence electrons. The average Bonchev–Trinajstić information content (AvgIpc) is 3.73. The number of fused-ring (bicyclic) bond motifs is 1. The first-order valence-electron chi connectivity index (χ1n) is 11.5. The number of pyridine rings is 2.